The van der Waals surface area contributed by atoms with Gasteiger partial charge < -0.3 is 15.4 Å². The van der Waals surface area contributed by atoms with Crippen molar-refractivity contribution in [3.05, 3.63) is 63.6 Å². The Hall–Kier alpha value is -2.05. The van der Waals surface area contributed by atoms with Crippen LogP contribution < -0.4 is 15.4 Å². The van der Waals surface area contributed by atoms with Crippen LogP contribution in [0.2, 0.25) is 10.0 Å². The fraction of sp³-hybridized carbons (Fsp3) is 0.188. The van der Waals surface area contributed by atoms with Gasteiger partial charge in [-0.25, -0.2) is 4.79 Å². The summed E-state index contributed by atoms with van der Waals surface area (Å²) in [4.78, 5) is 11.8. The standard InChI is InChI=1S/C16H14Cl2F2N2O2/c17-12-4-3-11(14(18)7-12)9-22-16(23)21-8-10-1-5-13(6-2-10)24-15(19)20/h1-7,15H,8-9H2,(H2,21,22,23). The first kappa shape index (κ1) is 18.3. The van der Waals surface area contributed by atoms with Crippen LogP contribution in [-0.4, -0.2) is 12.6 Å². The Morgan fingerprint density at radius 3 is 2.33 bits per heavy atom. The summed E-state index contributed by atoms with van der Waals surface area (Å²) in [7, 11) is 0. The van der Waals surface area contributed by atoms with Crippen LogP contribution in [0.4, 0.5) is 13.6 Å². The first-order valence-corrected chi connectivity index (χ1v) is 7.69. The smallest absolute Gasteiger partial charge is 0.387 e. The second-order valence-corrected chi connectivity index (χ2v) is 5.64. The molecule has 24 heavy (non-hydrogen) atoms. The molecule has 0 saturated heterocycles. The lowest BCUT2D eigenvalue weighted by Gasteiger charge is -2.10. The summed E-state index contributed by atoms with van der Waals surface area (Å²) >= 11 is 11.8. The van der Waals surface area contributed by atoms with Crippen LogP contribution in [0.5, 0.6) is 5.75 Å². The number of ether oxygens (including phenoxy) is 1. The molecule has 0 atom stereocenters. The number of nitrogens with one attached hydrogen (secondary N) is 2. The monoisotopic (exact) mass is 374 g/mol. The zero-order chi connectivity index (χ0) is 17.5. The van der Waals surface area contributed by atoms with Crippen LogP contribution in [0, 0.1) is 0 Å². The van der Waals surface area contributed by atoms with Crippen molar-refractivity contribution in [1.82, 2.24) is 10.6 Å². The van der Waals surface area contributed by atoms with E-state index in [9.17, 15) is 13.6 Å². The van der Waals surface area contributed by atoms with Crippen LogP contribution >= 0.6 is 23.2 Å². The second kappa shape index (κ2) is 8.70. The van der Waals surface area contributed by atoms with Crippen LogP contribution in [0.25, 0.3) is 0 Å². The van der Waals surface area contributed by atoms with Crippen LogP contribution in [0.15, 0.2) is 42.5 Å². The molecule has 0 saturated carbocycles. The number of hydrogen-bond donors (Lipinski definition) is 2. The molecule has 2 rings (SSSR count). The predicted molar refractivity (Wildman–Crippen MR) is 88.6 cm³/mol. The van der Waals surface area contributed by atoms with Gasteiger partial charge in [0.05, 0.1) is 0 Å². The highest BCUT2D eigenvalue weighted by Crippen LogP contribution is 2.20. The third-order valence-corrected chi connectivity index (χ3v) is 3.64. The number of alkyl halides is 2. The molecule has 2 amide bonds. The number of rotatable bonds is 6. The van der Waals surface area contributed by atoms with Crippen molar-refractivity contribution in [2.24, 2.45) is 0 Å². The molecule has 0 spiro atoms. The maximum absolute atomic E-state index is 12.0. The first-order chi connectivity index (χ1) is 11.4. The number of hydrogen-bond acceptors (Lipinski definition) is 2. The molecule has 4 nitrogen and oxygen atoms in total. The lowest BCUT2D eigenvalue weighted by molar-refractivity contribution is -0.0498. The second-order valence-electron chi connectivity index (χ2n) is 4.79. The molecule has 2 aromatic rings. The van der Waals surface area contributed by atoms with Crippen molar-refractivity contribution < 1.29 is 18.3 Å². The van der Waals surface area contributed by atoms with E-state index < -0.39 is 6.61 Å². The zero-order valence-corrected chi connectivity index (χ0v) is 13.9. The molecular weight excluding hydrogens is 361 g/mol. The van der Waals surface area contributed by atoms with E-state index in [1.807, 2.05) is 0 Å². The van der Waals surface area contributed by atoms with E-state index in [0.717, 1.165) is 11.1 Å². The van der Waals surface area contributed by atoms with Gasteiger partial charge in [-0.05, 0) is 35.4 Å². The van der Waals surface area contributed by atoms with Crippen molar-refractivity contribution in [1.29, 1.82) is 0 Å². The van der Waals surface area contributed by atoms with Crippen molar-refractivity contribution in [3.63, 3.8) is 0 Å². The summed E-state index contributed by atoms with van der Waals surface area (Å²) in [5.74, 6) is 0.0654. The maximum atomic E-state index is 12.0. The SMILES string of the molecule is O=C(NCc1ccc(OC(F)F)cc1)NCc1ccc(Cl)cc1Cl. The average Bonchev–Trinajstić information content (AvgIpc) is 2.53. The number of amides is 2. The fourth-order valence-corrected chi connectivity index (χ4v) is 2.35. The lowest BCUT2D eigenvalue weighted by Crippen LogP contribution is -2.34. The fourth-order valence-electron chi connectivity index (χ4n) is 1.87. The molecule has 0 fully saturated rings. The minimum Gasteiger partial charge on any atom is -0.435 e. The number of carbonyl (C=O) groups is 1. The summed E-state index contributed by atoms with van der Waals surface area (Å²) in [6, 6.07) is 10.6. The molecule has 2 N–H and O–H groups in total. The van der Waals surface area contributed by atoms with Gasteiger partial charge in [-0.2, -0.15) is 8.78 Å². The molecular formula is C16H14Cl2F2N2O2. The third kappa shape index (κ3) is 5.86. The van der Waals surface area contributed by atoms with Gasteiger partial charge in [0, 0.05) is 23.1 Å². The third-order valence-electron chi connectivity index (χ3n) is 3.06. The predicted octanol–water partition coefficient (Wildman–Crippen LogP) is 4.59. The van der Waals surface area contributed by atoms with Gasteiger partial charge in [0.25, 0.3) is 0 Å². The lowest BCUT2D eigenvalue weighted by atomic mass is 10.2. The highest BCUT2D eigenvalue weighted by molar-refractivity contribution is 6.35. The van der Waals surface area contributed by atoms with Crippen molar-refractivity contribution in [2.75, 3.05) is 0 Å². The number of benzene rings is 2. The van der Waals surface area contributed by atoms with Crippen LogP contribution in [-0.2, 0) is 13.1 Å². The largest absolute Gasteiger partial charge is 0.435 e. The molecule has 0 unspecified atom stereocenters. The molecule has 0 aromatic heterocycles. The number of halogens is 4. The molecule has 0 bridgehead atoms. The van der Waals surface area contributed by atoms with E-state index in [0.29, 0.717) is 10.0 Å². The van der Waals surface area contributed by atoms with E-state index in [-0.39, 0.29) is 24.9 Å². The summed E-state index contributed by atoms with van der Waals surface area (Å²) in [6.45, 7) is -2.36. The number of urea groups is 1. The average molecular weight is 375 g/mol. The normalized spacial score (nSPS) is 10.5. The molecule has 0 aliphatic carbocycles. The molecule has 2 aromatic carbocycles. The van der Waals surface area contributed by atoms with Crippen LogP contribution in [0.1, 0.15) is 11.1 Å². The Kier molecular flexibility index (Phi) is 6.63. The minimum absolute atomic E-state index is 0.0654. The van der Waals surface area contributed by atoms with Gasteiger partial charge in [-0.3, -0.25) is 0 Å². The molecule has 128 valence electrons. The maximum Gasteiger partial charge on any atom is 0.387 e. The topological polar surface area (TPSA) is 50.4 Å². The first-order valence-electron chi connectivity index (χ1n) is 6.93. The summed E-state index contributed by atoms with van der Waals surface area (Å²) < 4.78 is 28.3. The molecule has 8 heteroatoms. The molecule has 0 aliphatic rings. The van der Waals surface area contributed by atoms with Gasteiger partial charge in [0.15, 0.2) is 0 Å². The zero-order valence-electron chi connectivity index (χ0n) is 12.4. The van der Waals surface area contributed by atoms with Gasteiger partial charge >= 0.3 is 12.6 Å². The summed E-state index contributed by atoms with van der Waals surface area (Å²) in [6.07, 6.45) is 0. The Balaban J connectivity index is 1.78. The Morgan fingerprint density at radius 2 is 1.71 bits per heavy atom. The quantitative estimate of drug-likeness (QED) is 0.776. The van der Waals surface area contributed by atoms with Gasteiger partial charge in [-0.1, -0.05) is 41.4 Å². The van der Waals surface area contributed by atoms with Crippen molar-refractivity contribution in [3.8, 4) is 5.75 Å². The Morgan fingerprint density at radius 1 is 1.04 bits per heavy atom. The van der Waals surface area contributed by atoms with Crippen LogP contribution in [0.3, 0.4) is 0 Å². The molecule has 0 radical (unpaired) electrons. The Bertz CT molecular complexity index is 697. The van der Waals surface area contributed by atoms with Crippen molar-refractivity contribution in [2.45, 2.75) is 19.7 Å². The van der Waals surface area contributed by atoms with Gasteiger partial charge in [0.2, 0.25) is 0 Å². The highest BCUT2D eigenvalue weighted by atomic mass is 35.5. The van der Waals surface area contributed by atoms with Crippen molar-refractivity contribution >= 4 is 29.2 Å². The van der Waals surface area contributed by atoms with E-state index in [1.54, 1.807) is 30.3 Å². The Labute approximate surface area is 147 Å². The van der Waals surface area contributed by atoms with E-state index in [4.69, 9.17) is 23.2 Å². The van der Waals surface area contributed by atoms with E-state index in [2.05, 4.69) is 15.4 Å². The van der Waals surface area contributed by atoms with E-state index in [1.165, 1.54) is 12.1 Å². The minimum atomic E-state index is -2.86. The molecule has 0 aliphatic heterocycles. The summed E-state index contributed by atoms with van der Waals surface area (Å²) in [5.41, 5.74) is 1.49. The van der Waals surface area contributed by atoms with E-state index >= 15 is 0 Å². The highest BCUT2D eigenvalue weighted by Gasteiger charge is 2.06. The van der Waals surface area contributed by atoms with Gasteiger partial charge in [0.1, 0.15) is 5.75 Å². The number of carbonyl (C=O) groups excluding carboxylic acids is 1. The molecule has 0 heterocycles. The summed E-state index contributed by atoms with van der Waals surface area (Å²) in [5, 5.41) is 6.31. The van der Waals surface area contributed by atoms with Gasteiger partial charge in [-0.15, -0.1) is 0 Å².